The van der Waals surface area contributed by atoms with Crippen LogP contribution < -0.4 is 21.9 Å². The second kappa shape index (κ2) is 10.8. The number of aromatic amines is 1. The van der Waals surface area contributed by atoms with E-state index in [4.69, 9.17) is 15.2 Å². The lowest BCUT2D eigenvalue weighted by Crippen LogP contribution is -2.42. The summed E-state index contributed by atoms with van der Waals surface area (Å²) in [6.45, 7) is 7.44. The molecule has 0 atom stereocenters. The van der Waals surface area contributed by atoms with Crippen LogP contribution in [0.4, 0.5) is 11.5 Å². The van der Waals surface area contributed by atoms with Gasteiger partial charge in [-0.15, -0.1) is 0 Å². The molecule has 1 aromatic heterocycles. The van der Waals surface area contributed by atoms with E-state index < -0.39 is 11.2 Å². The second-order valence-corrected chi connectivity index (χ2v) is 6.40. The van der Waals surface area contributed by atoms with E-state index in [1.165, 1.54) is 16.6 Å². The van der Waals surface area contributed by atoms with Crippen LogP contribution in [0.1, 0.15) is 33.6 Å². The Hall–Kier alpha value is -2.13. The summed E-state index contributed by atoms with van der Waals surface area (Å²) in [5, 5.41) is 0. The topological polar surface area (TPSA) is 120 Å². The van der Waals surface area contributed by atoms with Gasteiger partial charge in [-0.1, -0.05) is 20.8 Å². The maximum absolute atomic E-state index is 12.6. The number of anilines is 2. The summed E-state index contributed by atoms with van der Waals surface area (Å²) in [6, 6.07) is 0. The summed E-state index contributed by atoms with van der Waals surface area (Å²) in [5.74, 6) is 0.0311. The maximum atomic E-state index is 12.6. The number of carbonyl (C=O) groups is 1. The third-order valence-electron chi connectivity index (χ3n) is 3.66. The number of aromatic nitrogens is 2. The molecule has 1 amide bonds. The Labute approximate surface area is 153 Å². The molecule has 0 spiro atoms. The number of H-pyrrole nitrogens is 1. The number of nitrogens with two attached hydrogens (primary N) is 1. The average Bonchev–Trinajstić information content (AvgIpc) is 2.57. The Balaban J connectivity index is 3.12. The Morgan fingerprint density at radius 3 is 2.58 bits per heavy atom. The third kappa shape index (κ3) is 5.99. The van der Waals surface area contributed by atoms with E-state index in [1.54, 1.807) is 0 Å². The lowest BCUT2D eigenvalue weighted by atomic mass is 10.2. The first kappa shape index (κ1) is 21.9. The number of carbonyl (C=O) groups excluding carboxylic acids is 1. The molecule has 0 saturated carbocycles. The highest BCUT2D eigenvalue weighted by atomic mass is 16.5. The smallest absolute Gasteiger partial charge is 0.330 e. The molecule has 0 aliphatic heterocycles. The van der Waals surface area contributed by atoms with E-state index in [9.17, 15) is 14.4 Å². The van der Waals surface area contributed by atoms with Crippen molar-refractivity contribution in [3.8, 4) is 0 Å². The van der Waals surface area contributed by atoms with E-state index in [2.05, 4.69) is 4.98 Å². The highest BCUT2D eigenvalue weighted by Crippen LogP contribution is 2.18. The molecule has 0 unspecified atom stereocenters. The van der Waals surface area contributed by atoms with Crippen molar-refractivity contribution in [1.29, 1.82) is 0 Å². The van der Waals surface area contributed by atoms with Gasteiger partial charge in [0.15, 0.2) is 5.69 Å². The quantitative estimate of drug-likeness (QED) is 0.550. The lowest BCUT2D eigenvalue weighted by Gasteiger charge is -2.24. The van der Waals surface area contributed by atoms with Gasteiger partial charge >= 0.3 is 5.69 Å². The number of methoxy groups -OCH3 is 1. The number of nitrogens with one attached hydrogen (secondary N) is 1. The molecule has 1 rings (SSSR count). The maximum Gasteiger partial charge on any atom is 0.330 e. The van der Waals surface area contributed by atoms with Gasteiger partial charge in [0.1, 0.15) is 5.82 Å². The molecule has 9 nitrogen and oxygen atoms in total. The van der Waals surface area contributed by atoms with E-state index >= 15 is 0 Å². The minimum Gasteiger partial charge on any atom is -0.383 e. The number of hydrogen-bond donors (Lipinski definition) is 2. The zero-order valence-electron chi connectivity index (χ0n) is 16.0. The number of nitrogens with zero attached hydrogens (tertiary/aromatic N) is 2. The lowest BCUT2D eigenvalue weighted by molar-refractivity contribution is -0.119. The van der Waals surface area contributed by atoms with E-state index in [1.807, 2.05) is 20.8 Å². The molecule has 26 heavy (non-hydrogen) atoms. The van der Waals surface area contributed by atoms with Crippen molar-refractivity contribution >= 4 is 17.4 Å². The van der Waals surface area contributed by atoms with Crippen LogP contribution in [-0.4, -0.2) is 48.9 Å². The molecule has 0 aromatic carbocycles. The van der Waals surface area contributed by atoms with E-state index in [0.717, 1.165) is 0 Å². The van der Waals surface area contributed by atoms with Gasteiger partial charge < -0.3 is 20.1 Å². The summed E-state index contributed by atoms with van der Waals surface area (Å²) >= 11 is 0. The monoisotopic (exact) mass is 370 g/mol. The molecule has 0 fully saturated rings. The standard InChI is InChI=1S/C17H30N4O5/c1-5-7-21-15(18)14(16(23)19-17(21)24)20(8-10-25-4)13(22)6-9-26-11-12(2)3/h12H,5-11,18H2,1-4H3,(H,19,23,24). The molecule has 1 aromatic rings. The first-order valence-electron chi connectivity index (χ1n) is 8.83. The summed E-state index contributed by atoms with van der Waals surface area (Å²) in [6.07, 6.45) is 0.757. The Kier molecular flexibility index (Phi) is 9.08. The van der Waals surface area contributed by atoms with Gasteiger partial charge in [0.25, 0.3) is 5.56 Å². The molecular weight excluding hydrogens is 340 g/mol. The van der Waals surface area contributed by atoms with E-state index in [0.29, 0.717) is 25.5 Å². The Morgan fingerprint density at radius 1 is 1.31 bits per heavy atom. The Morgan fingerprint density at radius 2 is 2.00 bits per heavy atom. The molecule has 0 aliphatic rings. The zero-order chi connectivity index (χ0) is 19.7. The van der Waals surface area contributed by atoms with Crippen LogP contribution in [0.2, 0.25) is 0 Å². The van der Waals surface area contributed by atoms with Crippen molar-refractivity contribution in [1.82, 2.24) is 9.55 Å². The predicted molar refractivity (Wildman–Crippen MR) is 101 cm³/mol. The van der Waals surface area contributed by atoms with Crippen LogP contribution in [0.25, 0.3) is 0 Å². The van der Waals surface area contributed by atoms with Gasteiger partial charge in [0, 0.05) is 26.8 Å². The van der Waals surface area contributed by atoms with Crippen LogP contribution in [0.15, 0.2) is 9.59 Å². The number of amides is 1. The fourth-order valence-electron chi connectivity index (χ4n) is 2.44. The van der Waals surface area contributed by atoms with Crippen LogP contribution in [0, 0.1) is 5.92 Å². The van der Waals surface area contributed by atoms with Crippen LogP contribution in [0.5, 0.6) is 0 Å². The third-order valence-corrected chi connectivity index (χ3v) is 3.66. The van der Waals surface area contributed by atoms with Gasteiger partial charge in [-0.25, -0.2) is 4.79 Å². The molecule has 0 saturated heterocycles. The van der Waals surface area contributed by atoms with Crippen molar-refractivity contribution in [2.45, 2.75) is 40.2 Å². The van der Waals surface area contributed by atoms with Gasteiger partial charge in [0.05, 0.1) is 19.6 Å². The molecule has 0 radical (unpaired) electrons. The summed E-state index contributed by atoms with van der Waals surface area (Å²) in [7, 11) is 1.50. The first-order valence-corrected chi connectivity index (χ1v) is 8.83. The normalized spacial score (nSPS) is 11.1. The van der Waals surface area contributed by atoms with Crippen molar-refractivity contribution in [2.24, 2.45) is 5.92 Å². The van der Waals surface area contributed by atoms with Crippen molar-refractivity contribution in [3.05, 3.63) is 20.8 Å². The molecule has 1 heterocycles. The van der Waals surface area contributed by atoms with Gasteiger partial charge in [-0.2, -0.15) is 0 Å². The largest absolute Gasteiger partial charge is 0.383 e. The summed E-state index contributed by atoms with van der Waals surface area (Å²) in [5.41, 5.74) is 4.76. The zero-order valence-corrected chi connectivity index (χ0v) is 16.0. The second-order valence-electron chi connectivity index (χ2n) is 6.40. The molecule has 0 bridgehead atoms. The number of nitrogen functional groups attached to an aromatic ring is 1. The fourth-order valence-corrected chi connectivity index (χ4v) is 2.44. The minimum absolute atomic E-state index is 0.0202. The fraction of sp³-hybridized carbons (Fsp3) is 0.706. The Bertz CT molecular complexity index is 695. The van der Waals surface area contributed by atoms with Crippen molar-refractivity contribution < 1.29 is 14.3 Å². The van der Waals surface area contributed by atoms with E-state index in [-0.39, 0.29) is 43.6 Å². The van der Waals surface area contributed by atoms with Crippen LogP contribution >= 0.6 is 0 Å². The van der Waals surface area contributed by atoms with Crippen LogP contribution in [-0.2, 0) is 20.8 Å². The highest BCUT2D eigenvalue weighted by molar-refractivity contribution is 5.95. The number of hydrogen-bond acceptors (Lipinski definition) is 6. The summed E-state index contributed by atoms with van der Waals surface area (Å²) < 4.78 is 11.7. The average molecular weight is 370 g/mol. The van der Waals surface area contributed by atoms with Gasteiger partial charge in [-0.05, 0) is 12.3 Å². The number of rotatable bonds is 11. The molecule has 9 heteroatoms. The van der Waals surface area contributed by atoms with Crippen molar-refractivity contribution in [2.75, 3.05) is 44.1 Å². The molecule has 148 valence electrons. The number of ether oxygens (including phenoxy) is 2. The van der Waals surface area contributed by atoms with Gasteiger partial charge in [0.2, 0.25) is 5.91 Å². The minimum atomic E-state index is -0.688. The van der Waals surface area contributed by atoms with Crippen molar-refractivity contribution in [3.63, 3.8) is 0 Å². The molecular formula is C17H30N4O5. The summed E-state index contributed by atoms with van der Waals surface area (Å²) in [4.78, 5) is 40.4. The molecule has 3 N–H and O–H groups in total. The SMILES string of the molecule is CCCn1c(N)c(N(CCOC)C(=O)CCOCC(C)C)c(=O)[nH]c1=O. The van der Waals surface area contributed by atoms with Gasteiger partial charge in [-0.3, -0.25) is 19.1 Å². The first-order chi connectivity index (χ1) is 12.3. The molecule has 0 aliphatic carbocycles. The van der Waals surface area contributed by atoms with Crippen LogP contribution in [0.3, 0.4) is 0 Å². The highest BCUT2D eigenvalue weighted by Gasteiger charge is 2.23. The predicted octanol–water partition coefficient (Wildman–Crippen LogP) is 0.571.